The predicted molar refractivity (Wildman–Crippen MR) is 249 cm³/mol. The van der Waals surface area contributed by atoms with Crippen molar-refractivity contribution in [2.24, 2.45) is 0 Å². The summed E-state index contributed by atoms with van der Waals surface area (Å²) in [6.07, 6.45) is 6.83. The lowest BCUT2D eigenvalue weighted by atomic mass is 10.0. The minimum absolute atomic E-state index is 0.117. The Kier molecular flexibility index (Phi) is 18.3. The molecule has 6 aromatic rings. The molecule has 63 heavy (non-hydrogen) atoms. The zero-order valence-electron chi connectivity index (χ0n) is 36.5. The van der Waals surface area contributed by atoms with E-state index in [4.69, 9.17) is 46.5 Å². The van der Waals surface area contributed by atoms with Crippen LogP contribution >= 0.6 is 11.6 Å². The second-order valence-corrected chi connectivity index (χ2v) is 16.0. The number of aromatic nitrogens is 2. The minimum atomic E-state index is -0.794. The quantitative estimate of drug-likeness (QED) is 0.0766. The summed E-state index contributed by atoms with van der Waals surface area (Å²) in [5.41, 5.74) is 10.2. The van der Waals surface area contributed by atoms with Gasteiger partial charge in [-0.3, -0.25) is 9.59 Å². The molecule has 0 unspecified atom stereocenters. The van der Waals surface area contributed by atoms with E-state index in [0.29, 0.717) is 23.4 Å². The van der Waals surface area contributed by atoms with Crippen molar-refractivity contribution in [1.82, 2.24) is 9.97 Å². The fraction of sp³-hybridized carbons (Fsp3) is 0.302. The van der Waals surface area contributed by atoms with Crippen LogP contribution < -0.4 is 9.47 Å². The highest BCUT2D eigenvalue weighted by molar-refractivity contribution is 6.30. The van der Waals surface area contributed by atoms with Crippen LogP contribution in [0, 0.1) is 25.2 Å². The molecule has 0 aliphatic rings. The van der Waals surface area contributed by atoms with E-state index < -0.39 is 11.9 Å². The lowest BCUT2D eigenvalue weighted by Gasteiger charge is -2.20. The number of pyridine rings is 2. The van der Waals surface area contributed by atoms with E-state index in [1.807, 2.05) is 123 Å². The summed E-state index contributed by atoms with van der Waals surface area (Å²) >= 11 is 6.02. The zero-order chi connectivity index (χ0) is 45.1. The van der Waals surface area contributed by atoms with Crippen molar-refractivity contribution in [3.8, 4) is 40.1 Å². The van der Waals surface area contributed by atoms with Crippen molar-refractivity contribution in [2.75, 3.05) is 0 Å². The molecule has 2 N–H and O–H groups in total. The van der Waals surface area contributed by atoms with Gasteiger partial charge in [-0.15, -0.1) is 0 Å². The highest BCUT2D eigenvalue weighted by Crippen LogP contribution is 2.31. The molecule has 2 atom stereocenters. The van der Waals surface area contributed by atoms with Crippen molar-refractivity contribution in [1.29, 1.82) is 5.26 Å². The average Bonchev–Trinajstić information content (AvgIpc) is 3.29. The van der Waals surface area contributed by atoms with Crippen molar-refractivity contribution in [2.45, 2.75) is 104 Å². The molecule has 0 fully saturated rings. The van der Waals surface area contributed by atoms with Gasteiger partial charge in [0.2, 0.25) is 0 Å². The average molecular weight is 866 g/mol. The monoisotopic (exact) mass is 865 g/mol. The van der Waals surface area contributed by atoms with E-state index >= 15 is 0 Å². The number of hydrogen-bond acceptors (Lipinski definition) is 7. The Morgan fingerprint density at radius 3 is 1.44 bits per heavy atom. The van der Waals surface area contributed by atoms with E-state index in [9.17, 15) is 9.59 Å². The van der Waals surface area contributed by atoms with Gasteiger partial charge in [-0.05, 0) is 147 Å². The van der Waals surface area contributed by atoms with Gasteiger partial charge in [-0.25, -0.2) is 9.97 Å². The molecule has 6 rings (SSSR count). The number of halogens is 1. The molecule has 2 aromatic heterocycles. The van der Waals surface area contributed by atoms with Crippen LogP contribution in [0.1, 0.15) is 117 Å². The molecule has 2 heterocycles. The van der Waals surface area contributed by atoms with Gasteiger partial charge in [0, 0.05) is 29.0 Å². The fourth-order valence-electron chi connectivity index (χ4n) is 7.09. The van der Waals surface area contributed by atoms with Crippen LogP contribution in [0.25, 0.3) is 22.5 Å². The Bertz CT molecular complexity index is 2460. The zero-order valence-corrected chi connectivity index (χ0v) is 37.3. The largest absolute Gasteiger partial charge is 0.484 e. The molecular weight excluding hydrogens is 810 g/mol. The number of ether oxygens (including phenoxy) is 2. The van der Waals surface area contributed by atoms with Gasteiger partial charge in [0.05, 0.1) is 34.4 Å². The van der Waals surface area contributed by atoms with Crippen molar-refractivity contribution in [3.63, 3.8) is 0 Å². The summed E-state index contributed by atoms with van der Waals surface area (Å²) in [5.74, 6) is -0.0480. The number of carboxylic acid groups (broad SMARTS) is 2. The van der Waals surface area contributed by atoms with Gasteiger partial charge in [0.15, 0.2) is 0 Å². The number of hydrogen-bond donors (Lipinski definition) is 2. The summed E-state index contributed by atoms with van der Waals surface area (Å²) in [6, 6.07) is 40.9. The first kappa shape index (κ1) is 47.5. The van der Waals surface area contributed by atoms with E-state index in [1.54, 1.807) is 12.1 Å². The maximum atomic E-state index is 10.9. The normalized spacial score (nSPS) is 11.7. The number of aliphatic carboxylic acids is 2. The summed E-state index contributed by atoms with van der Waals surface area (Å²) in [6.45, 7) is 8.29. The minimum Gasteiger partial charge on any atom is -0.484 e. The summed E-state index contributed by atoms with van der Waals surface area (Å²) in [5, 5.41) is 27.6. The topological polar surface area (TPSA) is 143 Å². The standard InChI is InChI=1S/C27H28N2O3.C26H28ClNO3/c1-3-4-8-26(32-23-15-13-21(19(2)17-23)14-16-27(30)31)25-7-5-6-24(29-25)22-11-9-20(18-28)10-12-22;1-3-4-8-25(31-22-15-11-19(18(2)17-22)12-16-26(29)30)24-7-5-6-23(28-24)20-9-13-21(27)14-10-20/h5-7,9-13,15,17,26H,3-4,8,14,16H2,1-2H3,(H,30,31);5-7,9-11,13-15,17,25H,3-4,8,12,16H2,1-2H3,(H,29,30)/t26-;25-/m11/s1. The molecule has 0 amide bonds. The van der Waals surface area contributed by atoms with E-state index in [1.165, 1.54) is 0 Å². The Morgan fingerprint density at radius 2 is 1.06 bits per heavy atom. The van der Waals surface area contributed by atoms with Gasteiger partial charge >= 0.3 is 11.9 Å². The van der Waals surface area contributed by atoms with Gasteiger partial charge < -0.3 is 19.7 Å². The third-order valence-electron chi connectivity index (χ3n) is 10.7. The molecule has 326 valence electrons. The number of nitrogens with zero attached hydrogens (tertiary/aromatic N) is 3. The Hall–Kier alpha value is -6.50. The third kappa shape index (κ3) is 14.8. The number of carbonyl (C=O) groups is 2. The first-order chi connectivity index (χ1) is 30.5. The Balaban J connectivity index is 0.000000238. The lowest BCUT2D eigenvalue weighted by molar-refractivity contribution is -0.138. The summed E-state index contributed by atoms with van der Waals surface area (Å²) in [4.78, 5) is 31.5. The maximum Gasteiger partial charge on any atom is 0.303 e. The number of unbranched alkanes of at least 4 members (excludes halogenated alkanes) is 2. The summed E-state index contributed by atoms with van der Waals surface area (Å²) in [7, 11) is 0. The van der Waals surface area contributed by atoms with Gasteiger partial charge in [0.1, 0.15) is 23.7 Å². The van der Waals surface area contributed by atoms with Gasteiger partial charge in [0.25, 0.3) is 0 Å². The predicted octanol–water partition coefficient (Wildman–Crippen LogP) is 13.3. The number of rotatable bonds is 20. The van der Waals surface area contributed by atoms with Crippen LogP contribution in [-0.2, 0) is 22.4 Å². The van der Waals surface area contributed by atoms with E-state index in [2.05, 4.69) is 19.9 Å². The highest BCUT2D eigenvalue weighted by Gasteiger charge is 2.18. The number of carboxylic acids is 2. The number of benzene rings is 4. The molecule has 0 aliphatic heterocycles. The van der Waals surface area contributed by atoms with Crippen molar-refractivity contribution < 1.29 is 29.3 Å². The smallest absolute Gasteiger partial charge is 0.303 e. The lowest BCUT2D eigenvalue weighted by Crippen LogP contribution is -2.10. The number of aryl methyl sites for hydroxylation is 4. The molecule has 0 radical (unpaired) electrons. The first-order valence-corrected chi connectivity index (χ1v) is 22.0. The SMILES string of the molecule is CCCC[C@@H](Oc1ccc(CCC(=O)O)c(C)c1)c1cccc(-c2ccc(C#N)cc2)n1.CCCC[C@@H](Oc1ccc(CCC(=O)O)c(C)c1)c1cccc(-c2ccc(Cl)cc2)n1. The van der Waals surface area contributed by atoms with Crippen LogP contribution in [-0.4, -0.2) is 32.1 Å². The summed E-state index contributed by atoms with van der Waals surface area (Å²) < 4.78 is 12.7. The van der Waals surface area contributed by atoms with Crippen LogP contribution in [0.4, 0.5) is 0 Å². The molecule has 0 bridgehead atoms. The molecule has 0 spiro atoms. The molecule has 0 aliphatic carbocycles. The molecule has 4 aromatic carbocycles. The van der Waals surface area contributed by atoms with Crippen LogP contribution in [0.2, 0.25) is 5.02 Å². The Morgan fingerprint density at radius 1 is 0.635 bits per heavy atom. The van der Waals surface area contributed by atoms with Crippen LogP contribution in [0.5, 0.6) is 11.5 Å². The maximum absolute atomic E-state index is 10.9. The van der Waals surface area contributed by atoms with Gasteiger partial charge in [-0.2, -0.15) is 5.26 Å². The first-order valence-electron chi connectivity index (χ1n) is 21.6. The second kappa shape index (κ2) is 24.2. The molecule has 9 nitrogen and oxygen atoms in total. The fourth-order valence-corrected chi connectivity index (χ4v) is 7.21. The molecule has 10 heteroatoms. The van der Waals surface area contributed by atoms with Crippen molar-refractivity contribution >= 4 is 23.5 Å². The number of nitriles is 1. The van der Waals surface area contributed by atoms with Crippen molar-refractivity contribution in [3.05, 3.63) is 166 Å². The van der Waals surface area contributed by atoms with Gasteiger partial charge in [-0.1, -0.05) is 86.8 Å². The third-order valence-corrected chi connectivity index (χ3v) is 10.9. The second-order valence-electron chi connectivity index (χ2n) is 15.6. The van der Waals surface area contributed by atoms with E-state index in [0.717, 1.165) is 106 Å². The van der Waals surface area contributed by atoms with Crippen LogP contribution in [0.15, 0.2) is 121 Å². The van der Waals surface area contributed by atoms with E-state index in [-0.39, 0.29) is 25.0 Å². The molecule has 0 saturated carbocycles. The van der Waals surface area contributed by atoms with Crippen LogP contribution in [0.3, 0.4) is 0 Å². The Labute approximate surface area is 376 Å². The highest BCUT2D eigenvalue weighted by atomic mass is 35.5. The molecule has 0 saturated heterocycles. The molecular formula is C53H56ClN3O6.